The van der Waals surface area contributed by atoms with Crippen LogP contribution in [0, 0.1) is 5.82 Å². The molecule has 0 unspecified atom stereocenters. The Morgan fingerprint density at radius 1 is 1.21 bits per heavy atom. The molecular weight excluding hydrogens is 359 g/mol. The monoisotopic (exact) mass is 384 g/mol. The lowest BCUT2D eigenvalue weighted by Crippen LogP contribution is -2.38. The Bertz CT molecular complexity index is 901. The second kappa shape index (κ2) is 9.63. The molecule has 3 rings (SSSR count). The van der Waals surface area contributed by atoms with Gasteiger partial charge in [0.15, 0.2) is 5.96 Å². The number of aromatic nitrogens is 5. The fourth-order valence-corrected chi connectivity index (χ4v) is 2.81. The number of hydrogen-bond donors (Lipinski definition) is 2. The van der Waals surface area contributed by atoms with Gasteiger partial charge in [-0.05, 0) is 24.6 Å². The Balaban J connectivity index is 1.60. The second-order valence-corrected chi connectivity index (χ2v) is 6.17. The predicted octanol–water partition coefficient (Wildman–Crippen LogP) is 1.92. The van der Waals surface area contributed by atoms with Crippen molar-refractivity contribution in [1.82, 2.24) is 34.9 Å². The van der Waals surface area contributed by atoms with Gasteiger partial charge in [-0.1, -0.05) is 13.0 Å². The summed E-state index contributed by atoms with van der Waals surface area (Å²) in [5.74, 6) is 1.34. The van der Waals surface area contributed by atoms with E-state index in [1.807, 2.05) is 17.6 Å². The van der Waals surface area contributed by atoms with Crippen molar-refractivity contribution in [3.8, 4) is 5.69 Å². The molecule has 148 valence electrons. The first-order valence-electron chi connectivity index (χ1n) is 9.36. The van der Waals surface area contributed by atoms with Crippen molar-refractivity contribution in [2.75, 3.05) is 13.1 Å². The molecule has 0 fully saturated rings. The Labute approximate surface area is 163 Å². The minimum atomic E-state index is -0.302. The van der Waals surface area contributed by atoms with Gasteiger partial charge in [-0.25, -0.2) is 14.4 Å². The maximum absolute atomic E-state index is 14.4. The van der Waals surface area contributed by atoms with Crippen LogP contribution in [0.15, 0.2) is 48.2 Å². The number of hydrogen-bond acceptors (Lipinski definition) is 4. The molecule has 0 bridgehead atoms. The summed E-state index contributed by atoms with van der Waals surface area (Å²) >= 11 is 0. The average Bonchev–Trinajstić information content (AvgIpc) is 3.38. The normalized spacial score (nSPS) is 11.6. The summed E-state index contributed by atoms with van der Waals surface area (Å²) in [6.07, 6.45) is 7.48. The molecule has 1 aromatic carbocycles. The van der Waals surface area contributed by atoms with E-state index in [1.54, 1.807) is 35.7 Å². The zero-order valence-electron chi connectivity index (χ0n) is 16.1. The predicted molar refractivity (Wildman–Crippen MR) is 106 cm³/mol. The summed E-state index contributed by atoms with van der Waals surface area (Å²) in [6, 6.07) is 5.11. The van der Waals surface area contributed by atoms with Gasteiger partial charge in [0.2, 0.25) is 0 Å². The van der Waals surface area contributed by atoms with Gasteiger partial charge in [-0.15, -0.1) is 10.2 Å². The quantitative estimate of drug-likeness (QED) is 0.458. The van der Waals surface area contributed by atoms with E-state index in [0.717, 1.165) is 30.9 Å². The number of halogens is 1. The maximum atomic E-state index is 14.4. The first-order valence-corrected chi connectivity index (χ1v) is 9.36. The van der Waals surface area contributed by atoms with Gasteiger partial charge in [0.1, 0.15) is 18.0 Å². The van der Waals surface area contributed by atoms with E-state index in [2.05, 4.69) is 37.7 Å². The molecule has 28 heavy (non-hydrogen) atoms. The van der Waals surface area contributed by atoms with Gasteiger partial charge in [0.25, 0.3) is 0 Å². The minimum absolute atomic E-state index is 0.302. The van der Waals surface area contributed by atoms with Crippen LogP contribution in [0.1, 0.15) is 25.2 Å². The summed E-state index contributed by atoms with van der Waals surface area (Å²) in [5, 5.41) is 14.5. The van der Waals surface area contributed by atoms with E-state index in [-0.39, 0.29) is 5.82 Å². The molecule has 0 spiro atoms. The van der Waals surface area contributed by atoms with E-state index < -0.39 is 0 Å². The summed E-state index contributed by atoms with van der Waals surface area (Å²) in [6.45, 7) is 6.61. The van der Waals surface area contributed by atoms with Crippen molar-refractivity contribution in [2.45, 2.75) is 33.4 Å². The number of rotatable bonds is 8. The van der Waals surface area contributed by atoms with Crippen molar-refractivity contribution in [3.63, 3.8) is 0 Å². The molecule has 2 aromatic heterocycles. The van der Waals surface area contributed by atoms with Crippen molar-refractivity contribution in [2.24, 2.45) is 4.99 Å². The fourth-order valence-electron chi connectivity index (χ4n) is 2.81. The highest BCUT2D eigenvalue weighted by atomic mass is 19.1. The SMILES string of the molecule is CCNC(=NCc1ccc(-n2ccnc2)c(F)c1)NCCn1cnnc1CC. The van der Waals surface area contributed by atoms with Crippen LogP contribution in [0.5, 0.6) is 0 Å². The standard InChI is InChI=1S/C19H25FN8/c1-3-18-26-25-14-28(18)10-8-23-19(22-4-2)24-12-15-5-6-17(16(20)11-15)27-9-7-21-13-27/h5-7,9,11,13-14H,3-4,8,10,12H2,1-2H3,(H2,22,23,24). The topological polar surface area (TPSA) is 85.0 Å². The number of benzene rings is 1. The molecule has 8 nitrogen and oxygen atoms in total. The summed E-state index contributed by atoms with van der Waals surface area (Å²) in [7, 11) is 0. The Kier molecular flexibility index (Phi) is 6.72. The number of nitrogens with one attached hydrogen (secondary N) is 2. The molecule has 0 amide bonds. The zero-order chi connectivity index (χ0) is 19.8. The highest BCUT2D eigenvalue weighted by molar-refractivity contribution is 5.79. The minimum Gasteiger partial charge on any atom is -0.357 e. The Morgan fingerprint density at radius 2 is 2.11 bits per heavy atom. The maximum Gasteiger partial charge on any atom is 0.191 e. The van der Waals surface area contributed by atoms with E-state index >= 15 is 0 Å². The molecule has 0 radical (unpaired) electrons. The van der Waals surface area contributed by atoms with Gasteiger partial charge in [0.05, 0.1) is 18.6 Å². The Hall–Kier alpha value is -3.23. The van der Waals surface area contributed by atoms with Crippen LogP contribution in [-0.2, 0) is 19.5 Å². The van der Waals surface area contributed by atoms with Crippen LogP contribution in [-0.4, -0.2) is 43.4 Å². The largest absolute Gasteiger partial charge is 0.357 e. The molecule has 3 aromatic rings. The molecule has 2 heterocycles. The zero-order valence-corrected chi connectivity index (χ0v) is 16.1. The number of aliphatic imine (C=N–C) groups is 1. The summed E-state index contributed by atoms with van der Waals surface area (Å²) in [5.41, 5.74) is 1.27. The number of nitrogens with zero attached hydrogens (tertiary/aromatic N) is 6. The molecule has 0 aliphatic heterocycles. The molecule has 0 aliphatic carbocycles. The van der Waals surface area contributed by atoms with Crippen LogP contribution < -0.4 is 10.6 Å². The van der Waals surface area contributed by atoms with Gasteiger partial charge < -0.3 is 19.8 Å². The van der Waals surface area contributed by atoms with Gasteiger partial charge in [-0.2, -0.15) is 0 Å². The van der Waals surface area contributed by atoms with Crippen LogP contribution in [0.4, 0.5) is 4.39 Å². The first-order chi connectivity index (χ1) is 13.7. The van der Waals surface area contributed by atoms with Crippen molar-refractivity contribution < 1.29 is 4.39 Å². The lowest BCUT2D eigenvalue weighted by Gasteiger charge is -2.12. The smallest absolute Gasteiger partial charge is 0.191 e. The molecule has 0 atom stereocenters. The van der Waals surface area contributed by atoms with Crippen LogP contribution in [0.25, 0.3) is 5.69 Å². The van der Waals surface area contributed by atoms with Gasteiger partial charge in [-0.3, -0.25) is 0 Å². The highest BCUT2D eigenvalue weighted by Crippen LogP contribution is 2.15. The van der Waals surface area contributed by atoms with E-state index in [9.17, 15) is 4.39 Å². The van der Waals surface area contributed by atoms with E-state index in [4.69, 9.17) is 0 Å². The molecular formula is C19H25FN8. The highest BCUT2D eigenvalue weighted by Gasteiger charge is 2.06. The van der Waals surface area contributed by atoms with Gasteiger partial charge in [0, 0.05) is 38.4 Å². The third kappa shape index (κ3) is 4.93. The number of imidazole rings is 1. The molecule has 0 saturated carbocycles. The third-order valence-electron chi connectivity index (χ3n) is 4.22. The fraction of sp³-hybridized carbons (Fsp3) is 0.368. The molecule has 2 N–H and O–H groups in total. The first kappa shape index (κ1) is 19.5. The Morgan fingerprint density at radius 3 is 2.82 bits per heavy atom. The number of guanidine groups is 1. The molecule has 9 heteroatoms. The van der Waals surface area contributed by atoms with Crippen molar-refractivity contribution >= 4 is 5.96 Å². The summed E-state index contributed by atoms with van der Waals surface area (Å²) < 4.78 is 18.0. The molecule has 0 aliphatic rings. The second-order valence-electron chi connectivity index (χ2n) is 6.17. The lowest BCUT2D eigenvalue weighted by molar-refractivity contribution is 0.615. The molecule has 0 saturated heterocycles. The van der Waals surface area contributed by atoms with Crippen molar-refractivity contribution in [1.29, 1.82) is 0 Å². The van der Waals surface area contributed by atoms with Crippen LogP contribution in [0.3, 0.4) is 0 Å². The van der Waals surface area contributed by atoms with Gasteiger partial charge >= 0.3 is 0 Å². The average molecular weight is 384 g/mol. The third-order valence-corrected chi connectivity index (χ3v) is 4.22. The van der Waals surface area contributed by atoms with Crippen LogP contribution >= 0.6 is 0 Å². The van der Waals surface area contributed by atoms with E-state index in [1.165, 1.54) is 6.07 Å². The summed E-state index contributed by atoms with van der Waals surface area (Å²) in [4.78, 5) is 8.49. The number of aryl methyl sites for hydroxylation is 1. The van der Waals surface area contributed by atoms with E-state index in [0.29, 0.717) is 24.7 Å². The lowest BCUT2D eigenvalue weighted by atomic mass is 10.2. The van der Waals surface area contributed by atoms with Crippen LogP contribution in [0.2, 0.25) is 0 Å². The van der Waals surface area contributed by atoms with Crippen molar-refractivity contribution in [3.05, 3.63) is 60.5 Å².